The summed E-state index contributed by atoms with van der Waals surface area (Å²) in [6.07, 6.45) is 0.939. The summed E-state index contributed by atoms with van der Waals surface area (Å²) >= 11 is 1.50. The van der Waals surface area contributed by atoms with Crippen molar-refractivity contribution in [3.05, 3.63) is 58.6 Å². The highest BCUT2D eigenvalue weighted by Gasteiger charge is 2.53. The molecular formula is C20H20N4O2S. The van der Waals surface area contributed by atoms with Crippen LogP contribution in [0, 0.1) is 5.41 Å². The summed E-state index contributed by atoms with van der Waals surface area (Å²) in [7, 11) is 2.09. The summed E-state index contributed by atoms with van der Waals surface area (Å²) in [6.45, 7) is 2.53. The summed E-state index contributed by atoms with van der Waals surface area (Å²) < 4.78 is 5.98. The molecule has 2 aromatic heterocycles. The van der Waals surface area contributed by atoms with E-state index in [0.29, 0.717) is 11.8 Å². The molecule has 2 saturated heterocycles. The Morgan fingerprint density at radius 3 is 2.70 bits per heavy atom. The molecular weight excluding hydrogens is 360 g/mol. The Labute approximate surface area is 161 Å². The van der Waals surface area contributed by atoms with Crippen molar-refractivity contribution in [3.63, 3.8) is 0 Å². The number of carbonyl (C=O) groups is 1. The fourth-order valence-electron chi connectivity index (χ4n) is 4.30. The standard InChI is InChI=1S/C20H20N4O2S/c1-23-11-20(12-24(13-20)19(25)16-8-5-9-27-16)10-15(23)18-22-21-17(26-18)14-6-3-2-4-7-14/h2-9,15H,10-13H2,1H3. The van der Waals surface area contributed by atoms with Crippen molar-refractivity contribution >= 4 is 17.2 Å². The quantitative estimate of drug-likeness (QED) is 0.698. The smallest absolute Gasteiger partial charge is 0.263 e. The molecule has 5 rings (SSSR count). The second-order valence-electron chi connectivity index (χ2n) is 7.59. The van der Waals surface area contributed by atoms with E-state index in [0.717, 1.165) is 36.5 Å². The number of hydrogen-bond acceptors (Lipinski definition) is 6. The number of aromatic nitrogens is 2. The van der Waals surface area contributed by atoms with Crippen LogP contribution in [0.25, 0.3) is 11.5 Å². The highest BCUT2D eigenvalue weighted by Crippen LogP contribution is 2.48. The lowest BCUT2D eigenvalue weighted by molar-refractivity contribution is 0.0119. The lowest BCUT2D eigenvalue weighted by atomic mass is 9.77. The molecule has 1 spiro atoms. The van der Waals surface area contributed by atoms with E-state index in [2.05, 4.69) is 22.1 Å². The van der Waals surface area contributed by atoms with Gasteiger partial charge in [0.05, 0.1) is 10.9 Å². The third-order valence-corrected chi connectivity index (χ3v) is 6.42. The number of likely N-dealkylation sites (tertiary alicyclic amines) is 2. The first-order chi connectivity index (χ1) is 13.1. The summed E-state index contributed by atoms with van der Waals surface area (Å²) in [4.78, 5) is 17.5. The minimum absolute atomic E-state index is 0.106. The minimum atomic E-state index is 0.106. The summed E-state index contributed by atoms with van der Waals surface area (Å²) in [5.41, 5.74) is 1.07. The maximum atomic E-state index is 12.5. The lowest BCUT2D eigenvalue weighted by Gasteiger charge is -2.47. The van der Waals surface area contributed by atoms with Crippen molar-refractivity contribution in [3.8, 4) is 11.5 Å². The third kappa shape index (κ3) is 2.87. The number of nitrogens with zero attached hydrogens (tertiary/aromatic N) is 4. The van der Waals surface area contributed by atoms with Crippen LogP contribution >= 0.6 is 11.3 Å². The molecule has 138 valence electrons. The number of benzene rings is 1. The Balaban J connectivity index is 1.29. The van der Waals surface area contributed by atoms with E-state index in [9.17, 15) is 4.79 Å². The Hall–Kier alpha value is -2.51. The number of hydrogen-bond donors (Lipinski definition) is 0. The van der Waals surface area contributed by atoms with E-state index in [4.69, 9.17) is 4.42 Å². The van der Waals surface area contributed by atoms with Gasteiger partial charge in [-0.25, -0.2) is 0 Å². The molecule has 0 aliphatic carbocycles. The SMILES string of the molecule is CN1CC2(CC1c1nnc(-c3ccccc3)o1)CN(C(=O)c1cccs1)C2. The van der Waals surface area contributed by atoms with Crippen LogP contribution < -0.4 is 0 Å². The van der Waals surface area contributed by atoms with Crippen LogP contribution in [0.4, 0.5) is 0 Å². The van der Waals surface area contributed by atoms with Crippen LogP contribution in [-0.2, 0) is 0 Å². The molecule has 0 bridgehead atoms. The first-order valence-electron chi connectivity index (χ1n) is 9.05. The second-order valence-corrected chi connectivity index (χ2v) is 8.53. The molecule has 3 aromatic rings. The normalized spacial score (nSPS) is 21.5. The molecule has 0 N–H and O–H groups in total. The van der Waals surface area contributed by atoms with E-state index < -0.39 is 0 Å². The van der Waals surface area contributed by atoms with Gasteiger partial charge < -0.3 is 9.32 Å². The Kier molecular flexibility index (Phi) is 3.87. The van der Waals surface area contributed by atoms with Crippen LogP contribution in [0.1, 0.15) is 28.0 Å². The summed E-state index contributed by atoms with van der Waals surface area (Å²) in [5, 5.41) is 10.5. The van der Waals surface area contributed by atoms with Crippen LogP contribution in [0.5, 0.6) is 0 Å². The number of rotatable bonds is 3. The number of amides is 1. The van der Waals surface area contributed by atoms with E-state index in [1.165, 1.54) is 11.3 Å². The van der Waals surface area contributed by atoms with Gasteiger partial charge in [-0.2, -0.15) is 0 Å². The fourth-order valence-corrected chi connectivity index (χ4v) is 5.00. The fraction of sp³-hybridized carbons (Fsp3) is 0.350. The van der Waals surface area contributed by atoms with E-state index in [1.807, 2.05) is 52.7 Å². The van der Waals surface area contributed by atoms with Crippen LogP contribution in [0.2, 0.25) is 0 Å². The summed E-state index contributed by atoms with van der Waals surface area (Å²) in [6, 6.07) is 13.8. The maximum absolute atomic E-state index is 12.5. The topological polar surface area (TPSA) is 62.5 Å². The first-order valence-corrected chi connectivity index (χ1v) is 9.93. The molecule has 2 aliphatic heterocycles. The second kappa shape index (κ2) is 6.28. The molecule has 2 fully saturated rings. The van der Waals surface area contributed by atoms with E-state index in [-0.39, 0.29) is 17.4 Å². The predicted octanol–water partition coefficient (Wildman–Crippen LogP) is 3.32. The van der Waals surface area contributed by atoms with Gasteiger partial charge in [0, 0.05) is 30.6 Å². The van der Waals surface area contributed by atoms with Crippen molar-refractivity contribution in [2.24, 2.45) is 5.41 Å². The first kappa shape index (κ1) is 16.6. The van der Waals surface area contributed by atoms with Gasteiger partial charge in [0.15, 0.2) is 0 Å². The summed E-state index contributed by atoms with van der Waals surface area (Å²) in [5.74, 6) is 1.37. The highest BCUT2D eigenvalue weighted by atomic mass is 32.1. The zero-order valence-corrected chi connectivity index (χ0v) is 15.9. The number of carbonyl (C=O) groups excluding carboxylic acids is 1. The van der Waals surface area contributed by atoms with Gasteiger partial charge in [-0.05, 0) is 37.0 Å². The van der Waals surface area contributed by atoms with Gasteiger partial charge in [0.1, 0.15) is 0 Å². The lowest BCUT2D eigenvalue weighted by Crippen LogP contribution is -2.59. The molecule has 6 nitrogen and oxygen atoms in total. The molecule has 1 amide bonds. The van der Waals surface area contributed by atoms with Crippen LogP contribution in [-0.4, -0.2) is 52.6 Å². The zero-order valence-electron chi connectivity index (χ0n) is 15.0. The van der Waals surface area contributed by atoms with E-state index in [1.54, 1.807) is 0 Å². The van der Waals surface area contributed by atoms with E-state index >= 15 is 0 Å². The predicted molar refractivity (Wildman–Crippen MR) is 102 cm³/mol. The van der Waals surface area contributed by atoms with Crippen molar-refractivity contribution in [2.45, 2.75) is 12.5 Å². The molecule has 1 unspecified atom stereocenters. The Bertz CT molecular complexity index is 948. The van der Waals surface area contributed by atoms with Gasteiger partial charge >= 0.3 is 0 Å². The Morgan fingerprint density at radius 2 is 1.96 bits per heavy atom. The maximum Gasteiger partial charge on any atom is 0.263 e. The van der Waals surface area contributed by atoms with Gasteiger partial charge in [-0.1, -0.05) is 24.3 Å². The van der Waals surface area contributed by atoms with Crippen molar-refractivity contribution in [1.29, 1.82) is 0 Å². The van der Waals surface area contributed by atoms with Gasteiger partial charge in [0.2, 0.25) is 11.8 Å². The largest absolute Gasteiger partial charge is 0.419 e. The Morgan fingerprint density at radius 1 is 1.15 bits per heavy atom. The third-order valence-electron chi connectivity index (χ3n) is 5.56. The van der Waals surface area contributed by atoms with Crippen molar-refractivity contribution in [2.75, 3.05) is 26.7 Å². The monoisotopic (exact) mass is 380 g/mol. The number of thiophene rings is 1. The van der Waals surface area contributed by atoms with Crippen LogP contribution in [0.15, 0.2) is 52.3 Å². The van der Waals surface area contributed by atoms with Gasteiger partial charge in [0.25, 0.3) is 5.91 Å². The molecule has 4 heterocycles. The van der Waals surface area contributed by atoms with Crippen molar-refractivity contribution < 1.29 is 9.21 Å². The van der Waals surface area contributed by atoms with Crippen molar-refractivity contribution in [1.82, 2.24) is 20.0 Å². The molecule has 7 heteroatoms. The highest BCUT2D eigenvalue weighted by molar-refractivity contribution is 7.12. The minimum Gasteiger partial charge on any atom is -0.419 e. The molecule has 0 saturated carbocycles. The molecule has 27 heavy (non-hydrogen) atoms. The average Bonchev–Trinajstić information content (AvgIpc) is 3.40. The molecule has 2 aliphatic rings. The van der Waals surface area contributed by atoms with Gasteiger partial charge in [-0.3, -0.25) is 9.69 Å². The average molecular weight is 380 g/mol. The van der Waals surface area contributed by atoms with Crippen LogP contribution in [0.3, 0.4) is 0 Å². The van der Waals surface area contributed by atoms with Gasteiger partial charge in [-0.15, -0.1) is 21.5 Å². The molecule has 1 atom stereocenters. The zero-order chi connectivity index (χ0) is 18.4. The molecule has 0 radical (unpaired) electrons. The molecule has 1 aromatic carbocycles.